The third-order valence-electron chi connectivity index (χ3n) is 4.76. The second-order valence-corrected chi connectivity index (χ2v) is 5.79. The zero-order valence-electron chi connectivity index (χ0n) is 12.2. The molecule has 2 aromatic rings. The fraction of sp³-hybridized carbons (Fsp3) is 0.412. The van der Waals surface area contributed by atoms with Crippen LogP contribution in [0.25, 0.3) is 10.9 Å². The standard InChI is InChI=1S/C17H20N2O2/c1-2-17(16(20)21)9-11-19(12-10-17)15-8-7-13-5-3-4-6-14(13)18-15/h3-8H,2,9-12H2,1H3,(H,20,21). The van der Waals surface area contributed by atoms with E-state index in [1.807, 2.05) is 31.2 Å². The average Bonchev–Trinajstić information content (AvgIpc) is 2.54. The second kappa shape index (κ2) is 5.35. The first kappa shape index (κ1) is 13.9. The van der Waals surface area contributed by atoms with Crippen LogP contribution in [-0.2, 0) is 4.79 Å². The molecule has 1 aliphatic rings. The summed E-state index contributed by atoms with van der Waals surface area (Å²) in [6.07, 6.45) is 2.07. The van der Waals surface area contributed by atoms with Crippen molar-refractivity contribution in [3.05, 3.63) is 36.4 Å². The van der Waals surface area contributed by atoms with Gasteiger partial charge in [0.25, 0.3) is 0 Å². The van der Waals surface area contributed by atoms with Crippen molar-refractivity contribution in [1.82, 2.24) is 4.98 Å². The van der Waals surface area contributed by atoms with Crippen molar-refractivity contribution in [2.45, 2.75) is 26.2 Å². The van der Waals surface area contributed by atoms with E-state index in [0.717, 1.165) is 29.8 Å². The lowest BCUT2D eigenvalue weighted by Gasteiger charge is -2.38. The first-order valence-corrected chi connectivity index (χ1v) is 7.49. The van der Waals surface area contributed by atoms with Crippen molar-refractivity contribution >= 4 is 22.7 Å². The van der Waals surface area contributed by atoms with E-state index in [1.54, 1.807) is 0 Å². The van der Waals surface area contributed by atoms with Gasteiger partial charge < -0.3 is 10.0 Å². The molecule has 0 atom stereocenters. The van der Waals surface area contributed by atoms with Crippen LogP contribution in [0, 0.1) is 5.41 Å². The number of para-hydroxylation sites is 1. The summed E-state index contributed by atoms with van der Waals surface area (Å²) in [5.74, 6) is 0.292. The molecule has 3 rings (SSSR count). The molecule has 1 aliphatic heterocycles. The lowest BCUT2D eigenvalue weighted by molar-refractivity contribution is -0.150. The summed E-state index contributed by atoms with van der Waals surface area (Å²) in [7, 11) is 0. The van der Waals surface area contributed by atoms with Crippen molar-refractivity contribution < 1.29 is 9.90 Å². The minimum Gasteiger partial charge on any atom is -0.481 e. The van der Waals surface area contributed by atoms with Gasteiger partial charge in [0, 0.05) is 18.5 Å². The number of aromatic nitrogens is 1. The number of nitrogens with zero attached hydrogens (tertiary/aromatic N) is 2. The Hall–Kier alpha value is -2.10. The number of carboxylic acids is 1. The van der Waals surface area contributed by atoms with Gasteiger partial charge in [0.2, 0.25) is 0 Å². The zero-order chi connectivity index (χ0) is 14.9. The summed E-state index contributed by atoms with van der Waals surface area (Å²) in [5.41, 5.74) is 0.438. The molecule has 0 amide bonds. The Morgan fingerprint density at radius 2 is 1.95 bits per heavy atom. The van der Waals surface area contributed by atoms with Crippen molar-refractivity contribution in [2.24, 2.45) is 5.41 Å². The van der Waals surface area contributed by atoms with Crippen LogP contribution in [0.15, 0.2) is 36.4 Å². The molecule has 4 heteroatoms. The van der Waals surface area contributed by atoms with Gasteiger partial charge in [-0.3, -0.25) is 4.79 Å². The summed E-state index contributed by atoms with van der Waals surface area (Å²) in [6.45, 7) is 3.48. The van der Waals surface area contributed by atoms with Crippen LogP contribution in [0.4, 0.5) is 5.82 Å². The number of carbonyl (C=O) groups is 1. The fourth-order valence-electron chi connectivity index (χ4n) is 3.11. The first-order valence-electron chi connectivity index (χ1n) is 7.49. The molecule has 1 aromatic heterocycles. The maximum Gasteiger partial charge on any atom is 0.309 e. The Morgan fingerprint density at radius 1 is 1.24 bits per heavy atom. The SMILES string of the molecule is CCC1(C(=O)O)CCN(c2ccc3ccccc3n2)CC1. The minimum atomic E-state index is -0.656. The zero-order valence-corrected chi connectivity index (χ0v) is 12.2. The number of pyridine rings is 1. The van der Waals surface area contributed by atoms with Crippen molar-refractivity contribution in [1.29, 1.82) is 0 Å². The summed E-state index contributed by atoms with van der Waals surface area (Å²) < 4.78 is 0. The van der Waals surface area contributed by atoms with E-state index < -0.39 is 11.4 Å². The summed E-state index contributed by atoms with van der Waals surface area (Å²) >= 11 is 0. The van der Waals surface area contributed by atoms with Gasteiger partial charge in [-0.15, -0.1) is 0 Å². The van der Waals surface area contributed by atoms with Gasteiger partial charge in [0.1, 0.15) is 5.82 Å². The maximum absolute atomic E-state index is 11.5. The van der Waals surface area contributed by atoms with Crippen LogP contribution in [-0.4, -0.2) is 29.1 Å². The number of benzene rings is 1. The number of fused-ring (bicyclic) bond motifs is 1. The van der Waals surface area contributed by atoms with Gasteiger partial charge in [-0.2, -0.15) is 0 Å². The van der Waals surface area contributed by atoms with Crippen molar-refractivity contribution in [2.75, 3.05) is 18.0 Å². The highest BCUT2D eigenvalue weighted by molar-refractivity contribution is 5.80. The quantitative estimate of drug-likeness (QED) is 0.939. The number of aliphatic carboxylic acids is 1. The third-order valence-corrected chi connectivity index (χ3v) is 4.76. The average molecular weight is 284 g/mol. The molecule has 21 heavy (non-hydrogen) atoms. The smallest absolute Gasteiger partial charge is 0.309 e. The van der Waals surface area contributed by atoms with Gasteiger partial charge >= 0.3 is 5.97 Å². The predicted molar refractivity (Wildman–Crippen MR) is 83.5 cm³/mol. The van der Waals surface area contributed by atoms with Crippen molar-refractivity contribution in [3.8, 4) is 0 Å². The Bertz CT molecular complexity index is 661. The topological polar surface area (TPSA) is 53.4 Å². The van der Waals surface area contributed by atoms with Crippen LogP contribution >= 0.6 is 0 Å². The monoisotopic (exact) mass is 284 g/mol. The number of hydrogen-bond donors (Lipinski definition) is 1. The van der Waals surface area contributed by atoms with Crippen LogP contribution in [0.2, 0.25) is 0 Å². The highest BCUT2D eigenvalue weighted by Gasteiger charge is 2.40. The Kier molecular flexibility index (Phi) is 3.53. The number of hydrogen-bond acceptors (Lipinski definition) is 3. The molecule has 0 radical (unpaired) electrons. The van der Waals surface area contributed by atoms with Crippen LogP contribution < -0.4 is 4.90 Å². The van der Waals surface area contributed by atoms with Gasteiger partial charge in [-0.25, -0.2) is 4.98 Å². The van der Waals surface area contributed by atoms with Gasteiger partial charge in [-0.05, 0) is 37.5 Å². The Labute approximate surface area is 124 Å². The molecule has 110 valence electrons. The van der Waals surface area contributed by atoms with Gasteiger partial charge in [0.15, 0.2) is 0 Å². The van der Waals surface area contributed by atoms with E-state index in [4.69, 9.17) is 4.98 Å². The Morgan fingerprint density at radius 3 is 2.62 bits per heavy atom. The normalized spacial score (nSPS) is 17.9. The first-order chi connectivity index (χ1) is 10.1. The van der Waals surface area contributed by atoms with E-state index in [0.29, 0.717) is 19.3 Å². The number of piperidine rings is 1. The lowest BCUT2D eigenvalue weighted by atomic mass is 9.76. The molecule has 1 fully saturated rings. The molecule has 1 aromatic carbocycles. The molecular weight excluding hydrogens is 264 g/mol. The molecule has 0 bridgehead atoms. The number of carboxylic acid groups (broad SMARTS) is 1. The second-order valence-electron chi connectivity index (χ2n) is 5.79. The number of anilines is 1. The summed E-state index contributed by atoms with van der Waals surface area (Å²) in [6, 6.07) is 12.2. The maximum atomic E-state index is 11.5. The Balaban J connectivity index is 1.81. The predicted octanol–water partition coefficient (Wildman–Crippen LogP) is 3.32. The summed E-state index contributed by atoms with van der Waals surface area (Å²) in [4.78, 5) is 18.4. The number of rotatable bonds is 3. The van der Waals surface area contributed by atoms with Crippen molar-refractivity contribution in [3.63, 3.8) is 0 Å². The molecule has 4 nitrogen and oxygen atoms in total. The van der Waals surface area contributed by atoms with Crippen LogP contribution in [0.5, 0.6) is 0 Å². The molecule has 1 saturated heterocycles. The van der Waals surface area contributed by atoms with Crippen LogP contribution in [0.1, 0.15) is 26.2 Å². The molecule has 0 unspecified atom stereocenters. The molecule has 0 aliphatic carbocycles. The molecule has 1 N–H and O–H groups in total. The lowest BCUT2D eigenvalue weighted by Crippen LogP contribution is -2.44. The third kappa shape index (κ3) is 2.46. The molecule has 0 saturated carbocycles. The summed E-state index contributed by atoms with van der Waals surface area (Å²) in [5, 5.41) is 10.6. The van der Waals surface area contributed by atoms with E-state index >= 15 is 0 Å². The largest absolute Gasteiger partial charge is 0.481 e. The minimum absolute atomic E-state index is 0.548. The van der Waals surface area contributed by atoms with E-state index in [-0.39, 0.29) is 0 Å². The highest BCUT2D eigenvalue weighted by Crippen LogP contribution is 2.36. The van der Waals surface area contributed by atoms with E-state index in [1.165, 1.54) is 0 Å². The van der Waals surface area contributed by atoms with E-state index in [9.17, 15) is 9.90 Å². The molecular formula is C17H20N2O2. The van der Waals surface area contributed by atoms with Gasteiger partial charge in [-0.1, -0.05) is 25.1 Å². The fourth-order valence-corrected chi connectivity index (χ4v) is 3.11. The van der Waals surface area contributed by atoms with Gasteiger partial charge in [0.05, 0.1) is 10.9 Å². The molecule has 2 heterocycles. The molecule has 0 spiro atoms. The highest BCUT2D eigenvalue weighted by atomic mass is 16.4. The van der Waals surface area contributed by atoms with Crippen LogP contribution in [0.3, 0.4) is 0 Å². The van der Waals surface area contributed by atoms with E-state index in [2.05, 4.69) is 17.0 Å².